The van der Waals surface area contributed by atoms with Gasteiger partial charge in [0.15, 0.2) is 0 Å². The van der Waals surface area contributed by atoms with Crippen molar-refractivity contribution in [2.45, 2.75) is 40.0 Å². The summed E-state index contributed by atoms with van der Waals surface area (Å²) >= 11 is 0. The highest BCUT2D eigenvalue weighted by molar-refractivity contribution is 5.37. The molecule has 0 aromatic heterocycles. The minimum absolute atomic E-state index is 0.0458. The Morgan fingerprint density at radius 2 is 2.06 bits per heavy atom. The largest absolute Gasteiger partial charge is 0.496 e. The lowest BCUT2D eigenvalue weighted by Gasteiger charge is -2.27. The Morgan fingerprint density at radius 3 is 2.59 bits per heavy atom. The second kappa shape index (κ2) is 6.06. The molecule has 1 aromatic rings. The van der Waals surface area contributed by atoms with Crippen molar-refractivity contribution in [3.05, 3.63) is 29.3 Å². The predicted octanol–water partition coefficient (Wildman–Crippen LogP) is 3.34. The van der Waals surface area contributed by atoms with Crippen molar-refractivity contribution in [3.63, 3.8) is 0 Å². The van der Waals surface area contributed by atoms with E-state index in [0.717, 1.165) is 25.0 Å². The number of benzene rings is 1. The van der Waals surface area contributed by atoms with Gasteiger partial charge in [0.05, 0.1) is 7.11 Å². The summed E-state index contributed by atoms with van der Waals surface area (Å²) in [5, 5.41) is 9.57. The van der Waals surface area contributed by atoms with Gasteiger partial charge >= 0.3 is 0 Å². The smallest absolute Gasteiger partial charge is 0.122 e. The van der Waals surface area contributed by atoms with E-state index < -0.39 is 0 Å². The first-order valence-corrected chi connectivity index (χ1v) is 6.29. The maximum atomic E-state index is 9.57. The second-order valence-corrected chi connectivity index (χ2v) is 5.21. The number of methoxy groups -OCH3 is 1. The molecule has 17 heavy (non-hydrogen) atoms. The quantitative estimate of drug-likeness (QED) is 0.820. The summed E-state index contributed by atoms with van der Waals surface area (Å²) in [4.78, 5) is 0. The van der Waals surface area contributed by atoms with E-state index in [1.54, 1.807) is 7.11 Å². The van der Waals surface area contributed by atoms with E-state index in [1.807, 2.05) is 6.07 Å². The first kappa shape index (κ1) is 14.0. The zero-order valence-corrected chi connectivity index (χ0v) is 11.4. The van der Waals surface area contributed by atoms with Gasteiger partial charge in [0.2, 0.25) is 0 Å². The van der Waals surface area contributed by atoms with Gasteiger partial charge in [0.1, 0.15) is 5.75 Å². The summed E-state index contributed by atoms with van der Waals surface area (Å²) in [6.07, 6.45) is 2.98. The van der Waals surface area contributed by atoms with Crippen LogP contribution in [0.25, 0.3) is 0 Å². The zero-order valence-electron chi connectivity index (χ0n) is 11.4. The van der Waals surface area contributed by atoms with Gasteiger partial charge in [-0.3, -0.25) is 0 Å². The van der Waals surface area contributed by atoms with Crippen LogP contribution in [0.4, 0.5) is 0 Å². The Balaban J connectivity index is 2.95. The molecular weight excluding hydrogens is 212 g/mol. The number of ether oxygens (including phenoxy) is 1. The van der Waals surface area contributed by atoms with Gasteiger partial charge in [-0.05, 0) is 36.8 Å². The highest BCUT2D eigenvalue weighted by atomic mass is 16.5. The molecule has 0 aliphatic heterocycles. The molecule has 0 saturated heterocycles. The van der Waals surface area contributed by atoms with Crippen molar-refractivity contribution >= 4 is 0 Å². The molecule has 0 heterocycles. The number of hydrogen-bond acceptors (Lipinski definition) is 2. The van der Waals surface area contributed by atoms with E-state index in [2.05, 4.69) is 32.9 Å². The normalized spacial score (nSPS) is 14.4. The topological polar surface area (TPSA) is 29.5 Å². The third-order valence-electron chi connectivity index (χ3n) is 3.29. The van der Waals surface area contributed by atoms with Gasteiger partial charge in [-0.25, -0.2) is 0 Å². The average Bonchev–Trinajstić information content (AvgIpc) is 2.29. The third kappa shape index (κ3) is 3.74. The maximum Gasteiger partial charge on any atom is 0.122 e. The van der Waals surface area contributed by atoms with Crippen LogP contribution in [0.15, 0.2) is 18.2 Å². The van der Waals surface area contributed by atoms with Crippen molar-refractivity contribution < 1.29 is 9.84 Å². The molecule has 0 spiro atoms. The lowest BCUT2D eigenvalue weighted by molar-refractivity contribution is 0.130. The van der Waals surface area contributed by atoms with Crippen LogP contribution >= 0.6 is 0 Å². The molecule has 2 nitrogen and oxygen atoms in total. The van der Waals surface area contributed by atoms with Gasteiger partial charge in [0, 0.05) is 6.61 Å². The molecule has 2 heteroatoms. The van der Waals surface area contributed by atoms with E-state index in [-0.39, 0.29) is 12.0 Å². The Bertz CT molecular complexity index is 360. The molecule has 0 radical (unpaired) electrons. The van der Waals surface area contributed by atoms with Crippen molar-refractivity contribution in [2.24, 2.45) is 5.41 Å². The van der Waals surface area contributed by atoms with E-state index >= 15 is 0 Å². The molecule has 0 bridgehead atoms. The summed E-state index contributed by atoms with van der Waals surface area (Å²) in [7, 11) is 1.70. The van der Waals surface area contributed by atoms with Crippen LogP contribution in [0.5, 0.6) is 5.75 Å². The molecule has 1 aromatic carbocycles. The van der Waals surface area contributed by atoms with Gasteiger partial charge in [-0.1, -0.05) is 38.0 Å². The molecule has 0 fully saturated rings. The lowest BCUT2D eigenvalue weighted by Crippen LogP contribution is -2.24. The van der Waals surface area contributed by atoms with Gasteiger partial charge < -0.3 is 9.84 Å². The standard InChI is InChI=1S/C15H24O2/c1-5-8-15(3,11-16)10-13-9-12(2)6-7-14(13)17-4/h6-7,9,16H,5,8,10-11H2,1-4H3. The minimum Gasteiger partial charge on any atom is -0.496 e. The molecule has 1 N–H and O–H groups in total. The van der Waals surface area contributed by atoms with Crippen LogP contribution < -0.4 is 4.74 Å². The van der Waals surface area contributed by atoms with E-state index in [9.17, 15) is 5.11 Å². The van der Waals surface area contributed by atoms with Crippen molar-refractivity contribution in [3.8, 4) is 5.75 Å². The number of aliphatic hydroxyl groups is 1. The number of hydrogen-bond donors (Lipinski definition) is 1. The Labute approximate surface area is 105 Å². The van der Waals surface area contributed by atoms with Crippen molar-refractivity contribution in [2.75, 3.05) is 13.7 Å². The molecule has 0 saturated carbocycles. The van der Waals surface area contributed by atoms with Crippen LogP contribution in [0.3, 0.4) is 0 Å². The van der Waals surface area contributed by atoms with E-state index in [1.165, 1.54) is 11.1 Å². The molecule has 1 rings (SSSR count). The third-order valence-corrected chi connectivity index (χ3v) is 3.29. The number of rotatable bonds is 6. The Morgan fingerprint density at radius 1 is 1.35 bits per heavy atom. The Kier molecular flexibility index (Phi) is 5.01. The predicted molar refractivity (Wildman–Crippen MR) is 71.5 cm³/mol. The summed E-state index contributed by atoms with van der Waals surface area (Å²) < 4.78 is 5.39. The van der Waals surface area contributed by atoms with Crippen LogP contribution in [-0.2, 0) is 6.42 Å². The van der Waals surface area contributed by atoms with Crippen LogP contribution in [0, 0.1) is 12.3 Å². The van der Waals surface area contributed by atoms with E-state index in [4.69, 9.17) is 4.74 Å². The first-order valence-electron chi connectivity index (χ1n) is 6.29. The number of aliphatic hydroxyl groups excluding tert-OH is 1. The average molecular weight is 236 g/mol. The van der Waals surface area contributed by atoms with E-state index in [0.29, 0.717) is 0 Å². The lowest BCUT2D eigenvalue weighted by atomic mass is 9.80. The molecule has 96 valence electrons. The fraction of sp³-hybridized carbons (Fsp3) is 0.600. The molecule has 1 atom stereocenters. The van der Waals surface area contributed by atoms with Gasteiger partial charge in [0.25, 0.3) is 0 Å². The molecule has 0 amide bonds. The minimum atomic E-state index is -0.0458. The fourth-order valence-electron chi connectivity index (χ4n) is 2.33. The van der Waals surface area contributed by atoms with Crippen LogP contribution in [0.2, 0.25) is 0 Å². The summed E-state index contributed by atoms with van der Waals surface area (Å²) in [5.74, 6) is 0.923. The number of aryl methyl sites for hydroxylation is 1. The fourth-order valence-corrected chi connectivity index (χ4v) is 2.33. The summed E-state index contributed by atoms with van der Waals surface area (Å²) in [6.45, 7) is 6.59. The van der Waals surface area contributed by atoms with Crippen molar-refractivity contribution in [1.29, 1.82) is 0 Å². The van der Waals surface area contributed by atoms with Gasteiger partial charge in [-0.2, -0.15) is 0 Å². The molecular formula is C15H24O2. The zero-order chi connectivity index (χ0) is 12.9. The van der Waals surface area contributed by atoms with Gasteiger partial charge in [-0.15, -0.1) is 0 Å². The molecule has 0 aliphatic rings. The summed E-state index contributed by atoms with van der Waals surface area (Å²) in [5.41, 5.74) is 2.38. The molecule has 0 aliphatic carbocycles. The highest BCUT2D eigenvalue weighted by Crippen LogP contribution is 2.32. The maximum absolute atomic E-state index is 9.57. The summed E-state index contributed by atoms with van der Waals surface area (Å²) in [6, 6.07) is 6.22. The molecule has 1 unspecified atom stereocenters. The second-order valence-electron chi connectivity index (χ2n) is 5.21. The monoisotopic (exact) mass is 236 g/mol. The first-order chi connectivity index (χ1) is 8.04. The highest BCUT2D eigenvalue weighted by Gasteiger charge is 2.24. The Hall–Kier alpha value is -1.02. The van der Waals surface area contributed by atoms with Crippen molar-refractivity contribution in [1.82, 2.24) is 0 Å². The van der Waals surface area contributed by atoms with Crippen LogP contribution in [-0.4, -0.2) is 18.8 Å². The van der Waals surface area contributed by atoms with Crippen LogP contribution in [0.1, 0.15) is 37.8 Å². The SMILES string of the molecule is CCCC(C)(CO)Cc1cc(C)ccc1OC.